The highest BCUT2D eigenvalue weighted by molar-refractivity contribution is 6.01. The minimum atomic E-state index is -0.675. The van der Waals surface area contributed by atoms with E-state index in [4.69, 9.17) is 0 Å². The van der Waals surface area contributed by atoms with Gasteiger partial charge in [0.1, 0.15) is 6.04 Å². The van der Waals surface area contributed by atoms with Gasteiger partial charge in [0.25, 0.3) is 5.91 Å². The summed E-state index contributed by atoms with van der Waals surface area (Å²) in [5.74, 6) is -0.0198. The lowest BCUT2D eigenvalue weighted by Crippen LogP contribution is -2.47. The molecule has 0 fully saturated rings. The highest BCUT2D eigenvalue weighted by atomic mass is 16.2. The maximum absolute atomic E-state index is 12.8. The van der Waals surface area contributed by atoms with Crippen molar-refractivity contribution in [3.8, 4) is 5.69 Å². The zero-order chi connectivity index (χ0) is 20.1. The molecule has 0 aliphatic rings. The van der Waals surface area contributed by atoms with Crippen LogP contribution in [0.5, 0.6) is 0 Å². The molecule has 0 saturated heterocycles. The van der Waals surface area contributed by atoms with Crippen molar-refractivity contribution in [1.29, 1.82) is 0 Å². The largest absolute Gasteiger partial charge is 0.340 e. The normalized spacial score (nSPS) is 11.9. The molecule has 0 aliphatic heterocycles. The van der Waals surface area contributed by atoms with Crippen molar-refractivity contribution >= 4 is 17.5 Å². The zero-order valence-electron chi connectivity index (χ0n) is 16.0. The summed E-state index contributed by atoms with van der Waals surface area (Å²) in [6, 6.07) is 15.3. The molecule has 0 bridgehead atoms. The number of aromatic nitrogens is 4. The fourth-order valence-electron chi connectivity index (χ4n) is 2.75. The van der Waals surface area contributed by atoms with Gasteiger partial charge in [-0.1, -0.05) is 38.1 Å². The number of carbonyl (C=O) groups is 2. The Morgan fingerprint density at radius 2 is 1.79 bits per heavy atom. The standard InChI is InChI=1S/C20H22N6O2/c1-13(2)18(22-19(27)15-8-5-4-6-9-15)20(28)21-16-10-7-11-17(12-16)26-14(3)23-24-25-26/h4-13,18H,1-3H3,(H,21,28)(H,22,27). The van der Waals surface area contributed by atoms with Gasteiger partial charge in [0.15, 0.2) is 5.82 Å². The fourth-order valence-corrected chi connectivity index (χ4v) is 2.75. The Balaban J connectivity index is 1.74. The van der Waals surface area contributed by atoms with E-state index >= 15 is 0 Å². The van der Waals surface area contributed by atoms with Gasteiger partial charge in [0.05, 0.1) is 5.69 Å². The van der Waals surface area contributed by atoms with Crippen molar-refractivity contribution in [2.24, 2.45) is 5.92 Å². The fraction of sp³-hybridized carbons (Fsp3) is 0.250. The third kappa shape index (κ3) is 4.40. The number of hydrogen-bond acceptors (Lipinski definition) is 5. The van der Waals surface area contributed by atoms with Gasteiger partial charge < -0.3 is 10.6 Å². The summed E-state index contributed by atoms with van der Waals surface area (Å²) >= 11 is 0. The van der Waals surface area contributed by atoms with E-state index < -0.39 is 6.04 Å². The second-order valence-electron chi connectivity index (χ2n) is 6.74. The number of carbonyl (C=O) groups excluding carboxylic acids is 2. The summed E-state index contributed by atoms with van der Waals surface area (Å²) in [6.07, 6.45) is 0. The molecule has 3 rings (SSSR count). The van der Waals surface area contributed by atoms with Gasteiger partial charge in [-0.15, -0.1) is 5.10 Å². The lowest BCUT2D eigenvalue weighted by atomic mass is 10.0. The highest BCUT2D eigenvalue weighted by Crippen LogP contribution is 2.16. The van der Waals surface area contributed by atoms with Gasteiger partial charge >= 0.3 is 0 Å². The van der Waals surface area contributed by atoms with Crippen LogP contribution in [-0.4, -0.2) is 38.1 Å². The molecule has 0 saturated carbocycles. The predicted octanol–water partition coefficient (Wildman–Crippen LogP) is 2.36. The first-order valence-electron chi connectivity index (χ1n) is 8.98. The molecule has 1 atom stereocenters. The Kier molecular flexibility index (Phi) is 5.78. The highest BCUT2D eigenvalue weighted by Gasteiger charge is 2.25. The maximum Gasteiger partial charge on any atom is 0.251 e. The van der Waals surface area contributed by atoms with Crippen LogP contribution in [0.2, 0.25) is 0 Å². The van der Waals surface area contributed by atoms with Gasteiger partial charge in [0.2, 0.25) is 5.91 Å². The molecule has 2 N–H and O–H groups in total. The number of nitrogens with zero attached hydrogens (tertiary/aromatic N) is 4. The van der Waals surface area contributed by atoms with E-state index in [0.29, 0.717) is 17.1 Å². The number of anilines is 1. The molecule has 1 aromatic heterocycles. The summed E-state index contributed by atoms with van der Waals surface area (Å²) < 4.78 is 1.58. The molecule has 8 nitrogen and oxygen atoms in total. The Hall–Kier alpha value is -3.55. The average molecular weight is 378 g/mol. The third-order valence-corrected chi connectivity index (χ3v) is 4.26. The molecular formula is C20H22N6O2. The molecule has 144 valence electrons. The number of aryl methyl sites for hydroxylation is 1. The quantitative estimate of drug-likeness (QED) is 0.686. The molecule has 8 heteroatoms. The van der Waals surface area contributed by atoms with Gasteiger partial charge in [-0.2, -0.15) is 4.68 Å². The minimum absolute atomic E-state index is 0.0856. The molecule has 3 aromatic rings. The van der Waals surface area contributed by atoms with E-state index in [1.165, 1.54) is 0 Å². The van der Waals surface area contributed by atoms with Crippen LogP contribution in [0.4, 0.5) is 5.69 Å². The maximum atomic E-state index is 12.8. The third-order valence-electron chi connectivity index (χ3n) is 4.26. The molecule has 1 unspecified atom stereocenters. The summed E-state index contributed by atoms with van der Waals surface area (Å²) in [5, 5.41) is 17.1. The van der Waals surface area contributed by atoms with E-state index in [2.05, 4.69) is 26.2 Å². The molecule has 2 amide bonds. The first-order valence-corrected chi connectivity index (χ1v) is 8.98. The second-order valence-corrected chi connectivity index (χ2v) is 6.74. The molecule has 0 spiro atoms. The lowest BCUT2D eigenvalue weighted by Gasteiger charge is -2.22. The molecule has 0 aliphatic carbocycles. The van der Waals surface area contributed by atoms with Crippen molar-refractivity contribution in [1.82, 2.24) is 25.5 Å². The minimum Gasteiger partial charge on any atom is -0.340 e. The van der Waals surface area contributed by atoms with E-state index in [-0.39, 0.29) is 17.7 Å². The van der Waals surface area contributed by atoms with Crippen LogP contribution in [0, 0.1) is 12.8 Å². The van der Waals surface area contributed by atoms with Gasteiger partial charge in [-0.05, 0) is 53.6 Å². The Labute approximate surface area is 163 Å². The molecule has 28 heavy (non-hydrogen) atoms. The van der Waals surface area contributed by atoms with Crippen LogP contribution in [0.15, 0.2) is 54.6 Å². The van der Waals surface area contributed by atoms with E-state index in [9.17, 15) is 9.59 Å². The van der Waals surface area contributed by atoms with Crippen LogP contribution < -0.4 is 10.6 Å². The van der Waals surface area contributed by atoms with E-state index in [0.717, 1.165) is 5.69 Å². The molecule has 0 radical (unpaired) electrons. The SMILES string of the molecule is Cc1nnnn1-c1cccc(NC(=O)C(NC(=O)c2ccccc2)C(C)C)c1. The lowest BCUT2D eigenvalue weighted by molar-refractivity contribution is -0.118. The summed E-state index contributed by atoms with van der Waals surface area (Å²) in [5.41, 5.74) is 1.84. The topological polar surface area (TPSA) is 102 Å². The number of hydrogen-bond donors (Lipinski definition) is 2. The van der Waals surface area contributed by atoms with Crippen LogP contribution >= 0.6 is 0 Å². The van der Waals surface area contributed by atoms with Gasteiger partial charge in [-0.3, -0.25) is 9.59 Å². The first-order chi connectivity index (χ1) is 13.5. The Morgan fingerprint density at radius 3 is 2.43 bits per heavy atom. The second kappa shape index (κ2) is 8.43. The number of rotatable bonds is 6. The van der Waals surface area contributed by atoms with Gasteiger partial charge in [-0.25, -0.2) is 0 Å². The molecule has 1 heterocycles. The monoisotopic (exact) mass is 378 g/mol. The van der Waals surface area contributed by atoms with Crippen molar-refractivity contribution < 1.29 is 9.59 Å². The van der Waals surface area contributed by atoms with E-state index in [1.807, 2.05) is 26.0 Å². The van der Waals surface area contributed by atoms with Crippen LogP contribution in [0.25, 0.3) is 5.69 Å². The first kappa shape index (κ1) is 19.2. The number of amides is 2. The number of nitrogens with one attached hydrogen (secondary N) is 2. The average Bonchev–Trinajstić information content (AvgIpc) is 3.12. The predicted molar refractivity (Wildman–Crippen MR) is 105 cm³/mol. The Morgan fingerprint density at radius 1 is 1.04 bits per heavy atom. The van der Waals surface area contributed by atoms with Crippen LogP contribution in [-0.2, 0) is 4.79 Å². The number of tetrazole rings is 1. The summed E-state index contributed by atoms with van der Waals surface area (Å²) in [7, 11) is 0. The summed E-state index contributed by atoms with van der Waals surface area (Å²) in [4.78, 5) is 25.3. The van der Waals surface area contributed by atoms with E-state index in [1.54, 1.807) is 54.1 Å². The van der Waals surface area contributed by atoms with Crippen molar-refractivity contribution in [3.05, 3.63) is 66.0 Å². The van der Waals surface area contributed by atoms with Crippen LogP contribution in [0.1, 0.15) is 30.0 Å². The van der Waals surface area contributed by atoms with Crippen molar-refractivity contribution in [2.45, 2.75) is 26.8 Å². The number of benzene rings is 2. The Bertz CT molecular complexity index is 968. The molecule has 2 aromatic carbocycles. The zero-order valence-corrected chi connectivity index (χ0v) is 16.0. The smallest absolute Gasteiger partial charge is 0.251 e. The molecular weight excluding hydrogens is 356 g/mol. The van der Waals surface area contributed by atoms with Crippen molar-refractivity contribution in [2.75, 3.05) is 5.32 Å². The van der Waals surface area contributed by atoms with Crippen molar-refractivity contribution in [3.63, 3.8) is 0 Å². The van der Waals surface area contributed by atoms with Gasteiger partial charge in [0, 0.05) is 11.3 Å². The summed E-state index contributed by atoms with van der Waals surface area (Å²) in [6.45, 7) is 5.56. The van der Waals surface area contributed by atoms with Crippen LogP contribution in [0.3, 0.4) is 0 Å².